The van der Waals surface area contributed by atoms with Crippen LogP contribution in [-0.2, 0) is 28.6 Å². The predicted molar refractivity (Wildman–Crippen MR) is 153 cm³/mol. The fourth-order valence-corrected chi connectivity index (χ4v) is 5.44. The molecule has 0 radical (unpaired) electrons. The van der Waals surface area contributed by atoms with Gasteiger partial charge < -0.3 is 20.4 Å². The molecule has 0 fully saturated rings. The second-order valence-corrected chi connectivity index (χ2v) is 10.6. The fraction of sp³-hybridized carbons (Fsp3) is 0.464. The van der Waals surface area contributed by atoms with E-state index >= 15 is 0 Å². The smallest absolute Gasteiger partial charge is 0.434 e. The van der Waals surface area contributed by atoms with Crippen LogP contribution in [0.1, 0.15) is 35.4 Å². The third kappa shape index (κ3) is 10.3. The van der Waals surface area contributed by atoms with E-state index in [4.69, 9.17) is 43.0 Å². The van der Waals surface area contributed by atoms with Crippen LogP contribution >= 0.6 is 23.2 Å². The number of hydrogen-bond acceptors (Lipinski definition) is 6. The van der Waals surface area contributed by atoms with Gasteiger partial charge in [-0.05, 0) is 92.9 Å². The van der Waals surface area contributed by atoms with Crippen molar-refractivity contribution in [2.45, 2.75) is 37.9 Å². The number of likely N-dealkylation sites (N-methyl/N-ethyl adjacent to an activating group) is 1. The van der Waals surface area contributed by atoms with Crippen molar-refractivity contribution in [2.75, 3.05) is 46.8 Å². The zero-order valence-electron chi connectivity index (χ0n) is 22.9. The molecular weight excluding hydrogens is 584 g/mol. The number of nitrogens with zero attached hydrogens (tertiary/aromatic N) is 3. The second-order valence-electron chi connectivity index (χ2n) is 9.74. The van der Waals surface area contributed by atoms with Crippen molar-refractivity contribution in [3.63, 3.8) is 0 Å². The standard InChI is InChI=1S/C26H31Cl2F3N4.2CH2O2/c1-34(2)13-10-32-16-24-22-14-17-5-6-18(27)15-21(17)20(22)9-12-35(24)11-3-4-19-7-8-23(28)25(33-19)26(29,30)31;2*2-1-3/h5-8,15,24,32H,3-4,9-14,16H2,1-2H3;2*1H,(H,2,3). The van der Waals surface area contributed by atoms with Crippen LogP contribution in [0.15, 0.2) is 35.9 Å². The van der Waals surface area contributed by atoms with Crippen LogP contribution in [0.5, 0.6) is 0 Å². The van der Waals surface area contributed by atoms with Crippen molar-refractivity contribution >= 4 is 41.7 Å². The maximum atomic E-state index is 13.2. The highest BCUT2D eigenvalue weighted by molar-refractivity contribution is 6.31. The topological polar surface area (TPSA) is 106 Å². The Balaban J connectivity index is 0.000000901. The summed E-state index contributed by atoms with van der Waals surface area (Å²) in [7, 11) is 4.11. The maximum absolute atomic E-state index is 13.2. The molecule has 226 valence electrons. The summed E-state index contributed by atoms with van der Waals surface area (Å²) in [6.45, 7) is 3.89. The molecule has 2 aromatic rings. The van der Waals surface area contributed by atoms with Crippen LogP contribution in [0, 0.1) is 0 Å². The highest BCUT2D eigenvalue weighted by atomic mass is 35.5. The summed E-state index contributed by atoms with van der Waals surface area (Å²) >= 11 is 12.0. The number of alkyl halides is 3. The molecule has 0 bridgehead atoms. The normalized spacial score (nSPS) is 16.2. The number of aromatic nitrogens is 1. The van der Waals surface area contributed by atoms with Gasteiger partial charge in [-0.25, -0.2) is 4.98 Å². The number of aryl methyl sites for hydroxylation is 1. The van der Waals surface area contributed by atoms with E-state index in [0.29, 0.717) is 12.1 Å². The molecule has 1 unspecified atom stereocenters. The molecule has 0 saturated carbocycles. The first-order valence-electron chi connectivity index (χ1n) is 12.9. The molecule has 1 aliphatic carbocycles. The lowest BCUT2D eigenvalue weighted by Crippen LogP contribution is -2.47. The minimum Gasteiger partial charge on any atom is -0.483 e. The van der Waals surface area contributed by atoms with E-state index in [1.54, 1.807) is 6.07 Å². The Bertz CT molecular complexity index is 1190. The highest BCUT2D eigenvalue weighted by Crippen LogP contribution is 2.42. The molecule has 1 atom stereocenters. The Morgan fingerprint density at radius 3 is 2.46 bits per heavy atom. The Labute approximate surface area is 247 Å². The van der Waals surface area contributed by atoms with Crippen molar-refractivity contribution in [1.29, 1.82) is 0 Å². The summed E-state index contributed by atoms with van der Waals surface area (Å²) in [5.74, 6) is 0. The molecule has 4 rings (SSSR count). The minimum atomic E-state index is -4.55. The van der Waals surface area contributed by atoms with Crippen molar-refractivity contribution in [3.05, 3.63) is 68.5 Å². The van der Waals surface area contributed by atoms with Gasteiger partial charge in [0.15, 0.2) is 5.69 Å². The molecule has 1 aromatic heterocycles. The summed E-state index contributed by atoms with van der Waals surface area (Å²) in [5.41, 5.74) is 4.86. The van der Waals surface area contributed by atoms with Gasteiger partial charge >= 0.3 is 6.18 Å². The van der Waals surface area contributed by atoms with Gasteiger partial charge in [0.1, 0.15) is 0 Å². The molecule has 1 aliphatic heterocycles. The first-order chi connectivity index (χ1) is 19.5. The summed E-state index contributed by atoms with van der Waals surface area (Å²) in [4.78, 5) is 25.1. The Hall–Kier alpha value is -2.70. The van der Waals surface area contributed by atoms with E-state index in [9.17, 15) is 13.2 Å². The van der Waals surface area contributed by atoms with Crippen molar-refractivity contribution < 1.29 is 33.0 Å². The quantitative estimate of drug-likeness (QED) is 0.267. The molecule has 0 amide bonds. The predicted octanol–water partition coefficient (Wildman–Crippen LogP) is 4.98. The molecule has 8 nitrogen and oxygen atoms in total. The number of carbonyl (C=O) groups is 2. The lowest BCUT2D eigenvalue weighted by atomic mass is 9.92. The van der Waals surface area contributed by atoms with E-state index in [-0.39, 0.29) is 24.0 Å². The number of nitrogens with one attached hydrogen (secondary N) is 1. The van der Waals surface area contributed by atoms with Gasteiger partial charge in [0, 0.05) is 42.9 Å². The summed E-state index contributed by atoms with van der Waals surface area (Å²) in [6.07, 6.45) is -1.48. The number of pyridine rings is 1. The van der Waals surface area contributed by atoms with Crippen LogP contribution in [0.3, 0.4) is 0 Å². The van der Waals surface area contributed by atoms with Crippen molar-refractivity contribution in [2.24, 2.45) is 0 Å². The monoisotopic (exact) mass is 618 g/mol. The fourth-order valence-electron chi connectivity index (χ4n) is 5.06. The van der Waals surface area contributed by atoms with E-state index in [1.807, 2.05) is 6.07 Å². The molecule has 1 aromatic carbocycles. The van der Waals surface area contributed by atoms with E-state index in [2.05, 4.69) is 46.3 Å². The Kier molecular flexibility index (Phi) is 14.0. The number of benzene rings is 1. The molecule has 0 saturated heterocycles. The van der Waals surface area contributed by atoms with E-state index < -0.39 is 11.9 Å². The first kappa shape index (κ1) is 34.5. The number of fused-ring (bicyclic) bond motifs is 2. The van der Waals surface area contributed by atoms with Crippen LogP contribution in [0.25, 0.3) is 5.57 Å². The van der Waals surface area contributed by atoms with Gasteiger partial charge in [0.25, 0.3) is 12.9 Å². The summed E-state index contributed by atoms with van der Waals surface area (Å²) in [6, 6.07) is 9.29. The third-order valence-electron chi connectivity index (χ3n) is 6.78. The molecule has 41 heavy (non-hydrogen) atoms. The lowest BCUT2D eigenvalue weighted by molar-refractivity contribution is -0.141. The SMILES string of the molecule is CN(C)CCNCC1C2=C(CCN1CCCc1ccc(Cl)c(C(F)(F)F)n1)c1cc(Cl)ccc1C2.O=CO.O=CO. The van der Waals surface area contributed by atoms with Crippen LogP contribution in [-0.4, -0.2) is 90.8 Å². The number of halogens is 5. The third-order valence-corrected chi connectivity index (χ3v) is 7.32. The van der Waals surface area contributed by atoms with Gasteiger partial charge in [0.05, 0.1) is 5.02 Å². The number of carboxylic acid groups (broad SMARTS) is 2. The molecule has 0 spiro atoms. The summed E-state index contributed by atoms with van der Waals surface area (Å²) < 4.78 is 39.5. The molecular formula is C28H35Cl2F3N4O4. The molecule has 2 heterocycles. The lowest BCUT2D eigenvalue weighted by Gasteiger charge is -2.38. The van der Waals surface area contributed by atoms with Crippen LogP contribution < -0.4 is 5.32 Å². The molecule has 2 aliphatic rings. The molecule has 3 N–H and O–H groups in total. The zero-order valence-corrected chi connectivity index (χ0v) is 24.4. The zero-order chi connectivity index (χ0) is 30.6. The average Bonchev–Trinajstić information content (AvgIpc) is 3.26. The highest BCUT2D eigenvalue weighted by Gasteiger charge is 2.36. The maximum Gasteiger partial charge on any atom is 0.434 e. The Morgan fingerprint density at radius 2 is 1.83 bits per heavy atom. The van der Waals surface area contributed by atoms with Crippen LogP contribution in [0.4, 0.5) is 13.2 Å². The largest absolute Gasteiger partial charge is 0.483 e. The Morgan fingerprint density at radius 1 is 1.15 bits per heavy atom. The van der Waals surface area contributed by atoms with Gasteiger partial charge in [0.2, 0.25) is 0 Å². The van der Waals surface area contributed by atoms with Gasteiger partial charge in [-0.15, -0.1) is 0 Å². The minimum absolute atomic E-state index is 0.246. The molecule has 13 heteroatoms. The van der Waals surface area contributed by atoms with Crippen molar-refractivity contribution in [3.8, 4) is 0 Å². The average molecular weight is 620 g/mol. The van der Waals surface area contributed by atoms with E-state index in [0.717, 1.165) is 57.0 Å². The first-order valence-corrected chi connectivity index (χ1v) is 13.7. The van der Waals surface area contributed by atoms with Gasteiger partial charge in [-0.2, -0.15) is 13.2 Å². The number of rotatable bonds is 9. The second kappa shape index (κ2) is 16.7. The van der Waals surface area contributed by atoms with Gasteiger partial charge in [-0.1, -0.05) is 29.3 Å². The van der Waals surface area contributed by atoms with Crippen LogP contribution in [0.2, 0.25) is 10.0 Å². The number of hydrogen-bond donors (Lipinski definition) is 3. The van der Waals surface area contributed by atoms with Gasteiger partial charge in [-0.3, -0.25) is 14.5 Å². The van der Waals surface area contributed by atoms with Crippen molar-refractivity contribution in [1.82, 2.24) is 20.1 Å². The summed E-state index contributed by atoms with van der Waals surface area (Å²) in [5, 5.41) is 17.8. The van der Waals surface area contributed by atoms with E-state index in [1.165, 1.54) is 28.3 Å².